The maximum absolute atomic E-state index is 12.3. The topological polar surface area (TPSA) is 111 Å². The van der Waals surface area contributed by atoms with Crippen molar-refractivity contribution < 1.29 is 18.9 Å². The van der Waals surface area contributed by atoms with Crippen LogP contribution in [0.5, 0.6) is 0 Å². The lowest BCUT2D eigenvalue weighted by molar-refractivity contribution is -0.148. The van der Waals surface area contributed by atoms with Crippen LogP contribution in [0.25, 0.3) is 0 Å². The number of esters is 1. The summed E-state index contributed by atoms with van der Waals surface area (Å²) in [4.78, 5) is 22.5. The van der Waals surface area contributed by atoms with Crippen molar-refractivity contribution >= 4 is 29.9 Å². The molecule has 0 aliphatic carbocycles. The van der Waals surface area contributed by atoms with Gasteiger partial charge in [0.2, 0.25) is 5.91 Å². The number of ether oxygens (including phenoxy) is 1. The zero-order valence-electron chi connectivity index (χ0n) is 10.5. The fraction of sp³-hybridized carbons (Fsp3) is 0.778. The first kappa shape index (κ1) is 15.5. The molecular weight excluding hydrogens is 277 g/mol. The van der Waals surface area contributed by atoms with E-state index in [1.165, 1.54) is 0 Å². The Bertz CT molecular complexity index is 390. The van der Waals surface area contributed by atoms with E-state index in [1.54, 1.807) is 20.8 Å². The largest absolute Gasteiger partial charge is 0.462 e. The molecule has 1 aliphatic heterocycles. The SMILES string of the molecule is CC(C)OC(=O)[C@H](C)NP1(=O)NC(C(N)=O)CS1. The highest BCUT2D eigenvalue weighted by atomic mass is 32.7. The third-order valence-corrected chi connectivity index (χ3v) is 6.56. The Kier molecular flexibility index (Phi) is 5.21. The average Bonchev–Trinajstić information content (AvgIpc) is 2.59. The highest BCUT2D eigenvalue weighted by molar-refractivity contribution is 8.57. The summed E-state index contributed by atoms with van der Waals surface area (Å²) < 4.78 is 17.2. The van der Waals surface area contributed by atoms with Gasteiger partial charge < -0.3 is 10.5 Å². The van der Waals surface area contributed by atoms with E-state index < -0.39 is 30.6 Å². The number of hydrogen-bond donors (Lipinski definition) is 3. The van der Waals surface area contributed by atoms with E-state index in [-0.39, 0.29) is 6.10 Å². The summed E-state index contributed by atoms with van der Waals surface area (Å²) in [5, 5.41) is 5.30. The highest BCUT2D eigenvalue weighted by Crippen LogP contribution is 2.56. The molecule has 0 spiro atoms. The molecule has 0 radical (unpaired) electrons. The minimum atomic E-state index is -3.02. The average molecular weight is 295 g/mol. The van der Waals surface area contributed by atoms with Crippen molar-refractivity contribution in [2.24, 2.45) is 5.73 Å². The van der Waals surface area contributed by atoms with Gasteiger partial charge in [-0.05, 0) is 20.8 Å². The number of nitrogens with two attached hydrogens (primary N) is 1. The summed E-state index contributed by atoms with van der Waals surface area (Å²) in [6.45, 7) is 2.01. The summed E-state index contributed by atoms with van der Waals surface area (Å²) in [6.07, 6.45) is -0.231. The second-order valence-corrected chi connectivity index (χ2v) is 8.80. The molecule has 1 fully saturated rings. The third kappa shape index (κ3) is 4.28. The van der Waals surface area contributed by atoms with E-state index in [0.29, 0.717) is 5.75 Å². The quantitative estimate of drug-likeness (QED) is 0.491. The smallest absolute Gasteiger partial charge is 0.323 e. The molecule has 4 N–H and O–H groups in total. The van der Waals surface area contributed by atoms with Crippen LogP contribution in [0.1, 0.15) is 20.8 Å². The third-order valence-electron chi connectivity index (χ3n) is 2.16. The van der Waals surface area contributed by atoms with E-state index >= 15 is 0 Å². The fourth-order valence-electron chi connectivity index (χ4n) is 1.32. The fourth-order valence-corrected chi connectivity index (χ4v) is 5.90. The first-order valence-electron chi connectivity index (χ1n) is 5.53. The molecule has 0 saturated carbocycles. The lowest BCUT2D eigenvalue weighted by atomic mass is 10.3. The Morgan fingerprint density at radius 2 is 2.11 bits per heavy atom. The van der Waals surface area contributed by atoms with Crippen LogP contribution in [0.2, 0.25) is 0 Å². The Labute approximate surface area is 110 Å². The van der Waals surface area contributed by atoms with Crippen molar-refractivity contribution in [3.05, 3.63) is 0 Å². The molecule has 0 aromatic carbocycles. The second-order valence-electron chi connectivity index (χ2n) is 4.27. The van der Waals surface area contributed by atoms with Crippen LogP contribution in [-0.2, 0) is 18.9 Å². The van der Waals surface area contributed by atoms with E-state index in [4.69, 9.17) is 10.5 Å². The van der Waals surface area contributed by atoms with Gasteiger partial charge in [0.25, 0.3) is 6.65 Å². The van der Waals surface area contributed by atoms with Crippen molar-refractivity contribution in [1.29, 1.82) is 0 Å². The van der Waals surface area contributed by atoms with Gasteiger partial charge in [-0.1, -0.05) is 11.4 Å². The van der Waals surface area contributed by atoms with Crippen LogP contribution in [0.3, 0.4) is 0 Å². The van der Waals surface area contributed by atoms with E-state index in [0.717, 1.165) is 11.4 Å². The summed E-state index contributed by atoms with van der Waals surface area (Å²) in [7, 11) is 0. The zero-order valence-corrected chi connectivity index (χ0v) is 12.2. The molecule has 1 saturated heterocycles. The van der Waals surface area contributed by atoms with Gasteiger partial charge in [0.05, 0.1) is 6.10 Å². The summed E-state index contributed by atoms with van der Waals surface area (Å²) in [5.74, 6) is -0.712. The molecule has 104 valence electrons. The number of nitrogens with one attached hydrogen (secondary N) is 2. The number of amides is 1. The Morgan fingerprint density at radius 1 is 1.50 bits per heavy atom. The highest BCUT2D eigenvalue weighted by Gasteiger charge is 2.39. The van der Waals surface area contributed by atoms with E-state index in [2.05, 4.69) is 10.2 Å². The van der Waals surface area contributed by atoms with Crippen LogP contribution in [0.4, 0.5) is 0 Å². The lowest BCUT2D eigenvalue weighted by Crippen LogP contribution is -2.41. The second kappa shape index (κ2) is 6.06. The van der Waals surface area contributed by atoms with Gasteiger partial charge in [0.1, 0.15) is 12.1 Å². The van der Waals surface area contributed by atoms with Crippen LogP contribution in [0, 0.1) is 0 Å². The Balaban J connectivity index is 2.54. The number of primary amides is 1. The summed E-state index contributed by atoms with van der Waals surface area (Å²) in [5.41, 5.74) is 5.12. The molecule has 0 bridgehead atoms. The number of carbonyl (C=O) groups is 2. The van der Waals surface area contributed by atoms with Gasteiger partial charge in [-0.3, -0.25) is 14.2 Å². The molecule has 1 amide bonds. The Morgan fingerprint density at radius 3 is 2.56 bits per heavy atom. The van der Waals surface area contributed by atoms with Crippen molar-refractivity contribution in [2.45, 2.75) is 39.0 Å². The maximum atomic E-state index is 12.3. The summed E-state index contributed by atoms with van der Waals surface area (Å²) in [6, 6.07) is -1.36. The molecule has 0 aromatic heterocycles. The van der Waals surface area contributed by atoms with E-state index in [1.807, 2.05) is 0 Å². The molecule has 18 heavy (non-hydrogen) atoms. The van der Waals surface area contributed by atoms with Crippen LogP contribution in [0.15, 0.2) is 0 Å². The van der Waals surface area contributed by atoms with Gasteiger partial charge in [0.15, 0.2) is 0 Å². The number of carbonyl (C=O) groups excluding carboxylic acids is 2. The van der Waals surface area contributed by atoms with Crippen LogP contribution in [-0.4, -0.2) is 35.8 Å². The molecule has 7 nitrogen and oxygen atoms in total. The summed E-state index contributed by atoms with van der Waals surface area (Å²) >= 11 is 1.07. The molecule has 1 aliphatic rings. The number of hydrogen-bond acceptors (Lipinski definition) is 5. The van der Waals surface area contributed by atoms with Gasteiger partial charge in [0, 0.05) is 5.75 Å². The van der Waals surface area contributed by atoms with Crippen LogP contribution < -0.4 is 15.9 Å². The van der Waals surface area contributed by atoms with E-state index in [9.17, 15) is 14.2 Å². The minimum Gasteiger partial charge on any atom is -0.462 e. The molecular formula is C9H18N3O4PS. The molecule has 0 aromatic rings. The minimum absolute atomic E-state index is 0.231. The van der Waals surface area contributed by atoms with Crippen molar-refractivity contribution in [1.82, 2.24) is 10.2 Å². The van der Waals surface area contributed by atoms with Gasteiger partial charge in [-0.2, -0.15) is 0 Å². The molecule has 1 heterocycles. The predicted octanol–water partition coefficient (Wildman–Crippen LogP) is 0.215. The molecule has 3 atom stereocenters. The monoisotopic (exact) mass is 295 g/mol. The molecule has 1 rings (SSSR count). The van der Waals surface area contributed by atoms with Crippen LogP contribution >= 0.6 is 18.0 Å². The molecule has 9 heteroatoms. The van der Waals surface area contributed by atoms with Crippen molar-refractivity contribution in [2.75, 3.05) is 5.75 Å². The normalized spacial score (nSPS) is 29.2. The first-order valence-corrected chi connectivity index (χ1v) is 8.83. The predicted molar refractivity (Wildman–Crippen MR) is 70.0 cm³/mol. The van der Waals surface area contributed by atoms with Gasteiger partial charge in [-0.25, -0.2) is 10.2 Å². The lowest BCUT2D eigenvalue weighted by Gasteiger charge is -2.19. The zero-order chi connectivity index (χ0) is 13.9. The van der Waals surface area contributed by atoms with Gasteiger partial charge >= 0.3 is 5.97 Å². The first-order chi connectivity index (χ1) is 8.23. The Hall–Kier alpha value is -0.560. The van der Waals surface area contributed by atoms with Crippen molar-refractivity contribution in [3.63, 3.8) is 0 Å². The molecule has 2 unspecified atom stereocenters. The van der Waals surface area contributed by atoms with Crippen molar-refractivity contribution in [3.8, 4) is 0 Å². The van der Waals surface area contributed by atoms with Gasteiger partial charge in [-0.15, -0.1) is 0 Å². The standard InChI is InChI=1S/C9H18N3O4PS/c1-5(2)16-9(14)6(3)11-17(15)12-7(4-18-17)8(10)13/h5-7H,4H2,1-3H3,(H2,10,13)(H2,11,12,15)/t6-,7?,17?/m0/s1. The number of rotatable bonds is 5. The maximum Gasteiger partial charge on any atom is 0.323 e.